The van der Waals surface area contributed by atoms with E-state index >= 15 is 0 Å². The quantitative estimate of drug-likeness (QED) is 0.692. The van der Waals surface area contributed by atoms with Crippen LogP contribution in [0.4, 0.5) is 5.82 Å². The van der Waals surface area contributed by atoms with Gasteiger partial charge in [0, 0.05) is 12.0 Å². The fourth-order valence-corrected chi connectivity index (χ4v) is 2.82. The second-order valence-electron chi connectivity index (χ2n) is 5.16. The van der Waals surface area contributed by atoms with Gasteiger partial charge in [-0.1, -0.05) is 0 Å². The van der Waals surface area contributed by atoms with E-state index in [1.54, 1.807) is 0 Å². The van der Waals surface area contributed by atoms with Gasteiger partial charge in [-0.15, -0.1) is 0 Å². The molecule has 1 amide bonds. The molecule has 0 aromatic carbocycles. The van der Waals surface area contributed by atoms with Crippen molar-refractivity contribution in [1.29, 1.82) is 0 Å². The van der Waals surface area contributed by atoms with Crippen molar-refractivity contribution >= 4 is 11.7 Å². The van der Waals surface area contributed by atoms with Gasteiger partial charge >= 0.3 is 0 Å². The van der Waals surface area contributed by atoms with Gasteiger partial charge in [0.2, 0.25) is 5.91 Å². The molecule has 1 aromatic heterocycles. The van der Waals surface area contributed by atoms with Crippen LogP contribution >= 0.6 is 0 Å². The Morgan fingerprint density at radius 1 is 1.39 bits per heavy atom. The minimum absolute atomic E-state index is 0.0245. The van der Waals surface area contributed by atoms with Gasteiger partial charge in [0.1, 0.15) is 0 Å². The molecule has 1 saturated carbocycles. The van der Waals surface area contributed by atoms with Gasteiger partial charge < -0.3 is 10.6 Å². The van der Waals surface area contributed by atoms with Crippen molar-refractivity contribution in [2.24, 2.45) is 11.3 Å². The minimum Gasteiger partial charge on any atom is -0.317 e. The Balaban J connectivity index is 1.63. The van der Waals surface area contributed by atoms with Crippen LogP contribution in [0, 0.1) is 11.3 Å². The molecule has 3 N–H and O–H groups in total. The molecule has 1 aliphatic heterocycles. The van der Waals surface area contributed by atoms with Crippen LogP contribution in [0.5, 0.6) is 0 Å². The van der Waals surface area contributed by atoms with Gasteiger partial charge in [-0.25, -0.2) is 5.10 Å². The van der Waals surface area contributed by atoms with Crippen LogP contribution in [0.1, 0.15) is 19.3 Å². The third-order valence-electron chi connectivity index (χ3n) is 4.04. The monoisotopic (exact) mass is 248 g/mol. The summed E-state index contributed by atoms with van der Waals surface area (Å²) in [6.07, 6.45) is 3.12. The number of nitrogens with one attached hydrogen (secondary N) is 3. The third-order valence-corrected chi connectivity index (χ3v) is 4.04. The number of amides is 1. The van der Waals surface area contributed by atoms with Crippen LogP contribution < -0.4 is 16.2 Å². The normalized spacial score (nSPS) is 24.8. The van der Waals surface area contributed by atoms with E-state index in [0.717, 1.165) is 32.4 Å². The second kappa shape index (κ2) is 4.20. The van der Waals surface area contributed by atoms with Crippen molar-refractivity contribution in [3.63, 3.8) is 0 Å². The number of carbonyl (C=O) groups excluding carboxylic acids is 1. The summed E-state index contributed by atoms with van der Waals surface area (Å²) >= 11 is 0. The molecule has 1 aromatic rings. The fraction of sp³-hybridized carbons (Fsp3) is 0.583. The van der Waals surface area contributed by atoms with Crippen LogP contribution in [0.2, 0.25) is 0 Å². The number of H-pyrrole nitrogens is 1. The summed E-state index contributed by atoms with van der Waals surface area (Å²) in [6, 6.07) is 2.88. The van der Waals surface area contributed by atoms with E-state index in [-0.39, 0.29) is 22.8 Å². The maximum absolute atomic E-state index is 12.1. The zero-order valence-corrected chi connectivity index (χ0v) is 10.0. The maximum atomic E-state index is 12.1. The molecular formula is C12H16N4O2. The lowest BCUT2D eigenvalue weighted by Crippen LogP contribution is -2.31. The first kappa shape index (κ1) is 11.4. The molecule has 6 nitrogen and oxygen atoms in total. The number of rotatable bonds is 2. The van der Waals surface area contributed by atoms with Gasteiger partial charge in [0.05, 0.1) is 0 Å². The average molecular weight is 248 g/mol. The van der Waals surface area contributed by atoms with E-state index in [1.807, 2.05) is 0 Å². The van der Waals surface area contributed by atoms with E-state index in [0.29, 0.717) is 5.82 Å². The number of aromatic amines is 1. The fourth-order valence-electron chi connectivity index (χ4n) is 2.82. The van der Waals surface area contributed by atoms with Crippen molar-refractivity contribution in [2.75, 3.05) is 18.4 Å². The first-order chi connectivity index (χ1) is 8.70. The maximum Gasteiger partial charge on any atom is 0.264 e. The summed E-state index contributed by atoms with van der Waals surface area (Å²) in [7, 11) is 0. The van der Waals surface area contributed by atoms with Gasteiger partial charge in [0.15, 0.2) is 5.82 Å². The van der Waals surface area contributed by atoms with Crippen molar-refractivity contribution in [3.8, 4) is 0 Å². The summed E-state index contributed by atoms with van der Waals surface area (Å²) in [5.74, 6) is 0.542. The van der Waals surface area contributed by atoms with Crippen molar-refractivity contribution in [2.45, 2.75) is 19.3 Å². The molecule has 1 aliphatic carbocycles. The molecule has 3 rings (SSSR count). The van der Waals surface area contributed by atoms with Crippen molar-refractivity contribution in [1.82, 2.24) is 15.5 Å². The molecule has 0 bridgehead atoms. The zero-order valence-electron chi connectivity index (χ0n) is 10.0. The molecule has 1 unspecified atom stereocenters. The predicted octanol–water partition coefficient (Wildman–Crippen LogP) is 0.0981. The van der Waals surface area contributed by atoms with Gasteiger partial charge in [-0.3, -0.25) is 9.59 Å². The number of hydrogen-bond acceptors (Lipinski definition) is 4. The summed E-state index contributed by atoms with van der Waals surface area (Å²) in [6.45, 7) is 2.00. The van der Waals surface area contributed by atoms with Gasteiger partial charge in [-0.2, -0.15) is 5.10 Å². The minimum atomic E-state index is -0.269. The van der Waals surface area contributed by atoms with Crippen LogP contribution in [0.15, 0.2) is 16.9 Å². The van der Waals surface area contributed by atoms with Crippen molar-refractivity contribution in [3.05, 3.63) is 22.5 Å². The summed E-state index contributed by atoms with van der Waals surface area (Å²) in [4.78, 5) is 22.9. The number of aromatic nitrogens is 2. The van der Waals surface area contributed by atoms with Gasteiger partial charge in [0.25, 0.3) is 5.56 Å². The highest BCUT2D eigenvalue weighted by molar-refractivity contribution is 5.94. The molecule has 0 radical (unpaired) electrons. The summed E-state index contributed by atoms with van der Waals surface area (Å²) < 4.78 is 0. The molecule has 2 aliphatic rings. The van der Waals surface area contributed by atoms with Crippen molar-refractivity contribution < 1.29 is 4.79 Å². The highest BCUT2D eigenvalue weighted by Gasteiger charge is 2.57. The third kappa shape index (κ3) is 2.03. The smallest absolute Gasteiger partial charge is 0.264 e. The molecule has 2 heterocycles. The standard InChI is InChI=1S/C12H16N4O2/c17-10-2-1-9(15-16-10)14-11(18)8-7-12(8)3-5-13-6-4-12/h1-2,8,13H,3-7H2,(H,16,17)(H,14,15,18). The second-order valence-corrected chi connectivity index (χ2v) is 5.16. The lowest BCUT2D eigenvalue weighted by molar-refractivity contribution is -0.118. The molecule has 1 atom stereocenters. The zero-order chi connectivity index (χ0) is 12.6. The van der Waals surface area contributed by atoms with Crippen LogP contribution in [0.25, 0.3) is 0 Å². The Labute approximate surface area is 104 Å². The Hall–Kier alpha value is -1.69. The lowest BCUT2D eigenvalue weighted by atomic mass is 9.92. The Kier molecular flexibility index (Phi) is 2.66. The Bertz CT molecular complexity index is 499. The molecular weight excluding hydrogens is 232 g/mol. The highest BCUT2D eigenvalue weighted by Crippen LogP contribution is 2.58. The predicted molar refractivity (Wildman–Crippen MR) is 66.1 cm³/mol. The topological polar surface area (TPSA) is 86.9 Å². The van der Waals surface area contributed by atoms with E-state index in [9.17, 15) is 9.59 Å². The largest absolute Gasteiger partial charge is 0.317 e. The molecule has 1 saturated heterocycles. The molecule has 6 heteroatoms. The lowest BCUT2D eigenvalue weighted by Gasteiger charge is -2.23. The summed E-state index contributed by atoms with van der Waals surface area (Å²) in [5, 5.41) is 12.2. The van der Waals surface area contributed by atoms with Crippen LogP contribution in [-0.4, -0.2) is 29.2 Å². The first-order valence-electron chi connectivity index (χ1n) is 6.27. The Morgan fingerprint density at radius 3 is 2.83 bits per heavy atom. The number of hydrogen-bond donors (Lipinski definition) is 3. The van der Waals surface area contributed by atoms with Crippen LogP contribution in [-0.2, 0) is 4.79 Å². The number of nitrogens with zero attached hydrogens (tertiary/aromatic N) is 1. The van der Waals surface area contributed by atoms with E-state index < -0.39 is 0 Å². The summed E-state index contributed by atoms with van der Waals surface area (Å²) in [5.41, 5.74) is -0.0495. The first-order valence-corrected chi connectivity index (χ1v) is 6.27. The molecule has 2 fully saturated rings. The number of carbonyl (C=O) groups is 1. The average Bonchev–Trinajstić information content (AvgIpc) is 3.07. The molecule has 18 heavy (non-hydrogen) atoms. The van der Waals surface area contributed by atoms with E-state index in [2.05, 4.69) is 20.8 Å². The highest BCUT2D eigenvalue weighted by atomic mass is 16.2. The molecule has 96 valence electrons. The molecule has 1 spiro atoms. The van der Waals surface area contributed by atoms with E-state index in [4.69, 9.17) is 0 Å². The Morgan fingerprint density at radius 2 is 2.17 bits per heavy atom. The van der Waals surface area contributed by atoms with E-state index in [1.165, 1.54) is 12.1 Å². The SMILES string of the molecule is O=C(Nc1ccc(=O)[nH]n1)C1CC12CCNCC2. The van der Waals surface area contributed by atoms with Crippen LogP contribution in [0.3, 0.4) is 0 Å². The number of piperidine rings is 1. The van der Waals surface area contributed by atoms with Gasteiger partial charge in [-0.05, 0) is 43.8 Å². The number of anilines is 1.